The van der Waals surface area contributed by atoms with Gasteiger partial charge in [0.15, 0.2) is 0 Å². The van der Waals surface area contributed by atoms with E-state index < -0.39 is 28.5 Å². The summed E-state index contributed by atoms with van der Waals surface area (Å²) in [5.74, 6) is -0.159. The fraction of sp³-hybridized carbons (Fsp3) is 0.316. The summed E-state index contributed by atoms with van der Waals surface area (Å²) in [4.78, 5) is 30.4. The Morgan fingerprint density at radius 2 is 1.56 bits per heavy atom. The minimum atomic E-state index is -4.19. The van der Waals surface area contributed by atoms with E-state index in [1.807, 2.05) is 68.4 Å². The van der Waals surface area contributed by atoms with E-state index in [0.29, 0.717) is 18.0 Å². The molecule has 8 nitrogen and oxygen atoms in total. The van der Waals surface area contributed by atoms with Gasteiger partial charge in [0.05, 0.1) is 17.2 Å². The van der Waals surface area contributed by atoms with Gasteiger partial charge in [-0.05, 0) is 86.3 Å². The quantitative estimate of drug-likeness (QED) is 0.150. The number of carbonyl (C=O) groups is 2. The molecule has 0 radical (unpaired) electrons. The van der Waals surface area contributed by atoms with Crippen molar-refractivity contribution < 1.29 is 22.7 Å². The van der Waals surface area contributed by atoms with E-state index in [1.54, 1.807) is 48.5 Å². The zero-order chi connectivity index (χ0) is 34.1. The van der Waals surface area contributed by atoms with Crippen molar-refractivity contribution >= 4 is 43.5 Å². The molecular formula is C38H42BrN3O5S. The monoisotopic (exact) mass is 731 g/mol. The van der Waals surface area contributed by atoms with Crippen molar-refractivity contribution in [1.82, 2.24) is 10.2 Å². The standard InChI is InChI=1S/C38H42BrN3O5S/c1-3-47-34-20-18-33(19-21-34)42(48(45,46)35-22-16-28(2)17-23-35)27-37(43)41(26-30-12-9-13-31(39)24-30)36(25-29-10-5-4-6-11-29)38(44)40-32-14-7-8-15-32/h4-6,9-13,16-24,32,36H,3,7-8,14-15,25-27H2,1-2H3,(H,40,44)/t36-/m0/s1. The summed E-state index contributed by atoms with van der Waals surface area (Å²) in [6.45, 7) is 3.80. The summed E-state index contributed by atoms with van der Waals surface area (Å²) < 4.78 is 36.1. The normalized spacial score (nSPS) is 13.9. The maximum Gasteiger partial charge on any atom is 0.264 e. The van der Waals surface area contributed by atoms with E-state index in [4.69, 9.17) is 4.74 Å². The molecule has 252 valence electrons. The Kier molecular flexibility index (Phi) is 11.9. The van der Waals surface area contributed by atoms with Gasteiger partial charge in [-0.25, -0.2) is 8.42 Å². The van der Waals surface area contributed by atoms with Gasteiger partial charge < -0.3 is 15.0 Å². The Bertz CT molecular complexity index is 1780. The number of hydrogen-bond acceptors (Lipinski definition) is 5. The van der Waals surface area contributed by atoms with Gasteiger partial charge in [-0.1, -0.05) is 88.9 Å². The minimum Gasteiger partial charge on any atom is -0.494 e. The smallest absolute Gasteiger partial charge is 0.264 e. The minimum absolute atomic E-state index is 0.0425. The van der Waals surface area contributed by atoms with Crippen LogP contribution in [0.3, 0.4) is 0 Å². The Labute approximate surface area is 292 Å². The van der Waals surface area contributed by atoms with Gasteiger partial charge >= 0.3 is 0 Å². The summed E-state index contributed by atoms with van der Waals surface area (Å²) in [6.07, 6.45) is 4.14. The van der Waals surface area contributed by atoms with Gasteiger partial charge in [0.1, 0.15) is 18.3 Å². The summed E-state index contributed by atoms with van der Waals surface area (Å²) in [7, 11) is -4.19. The Hall–Kier alpha value is -4.15. The van der Waals surface area contributed by atoms with Crippen molar-refractivity contribution in [3.8, 4) is 5.75 Å². The highest BCUT2D eigenvalue weighted by Gasteiger charge is 2.35. The molecule has 0 spiro atoms. The fourth-order valence-electron chi connectivity index (χ4n) is 5.99. The largest absolute Gasteiger partial charge is 0.494 e. The third kappa shape index (κ3) is 9.05. The number of amides is 2. The van der Waals surface area contributed by atoms with E-state index in [9.17, 15) is 18.0 Å². The van der Waals surface area contributed by atoms with Crippen LogP contribution < -0.4 is 14.4 Å². The molecule has 4 aromatic carbocycles. The predicted octanol–water partition coefficient (Wildman–Crippen LogP) is 7.05. The number of benzene rings is 4. The van der Waals surface area contributed by atoms with Gasteiger partial charge in [0.2, 0.25) is 11.8 Å². The number of aryl methyl sites for hydroxylation is 1. The topological polar surface area (TPSA) is 96.0 Å². The third-order valence-electron chi connectivity index (χ3n) is 8.54. The first-order chi connectivity index (χ1) is 23.1. The molecule has 0 unspecified atom stereocenters. The molecule has 1 fully saturated rings. The lowest BCUT2D eigenvalue weighted by atomic mass is 10.0. The highest BCUT2D eigenvalue weighted by Crippen LogP contribution is 2.28. The number of carbonyl (C=O) groups excluding carboxylic acids is 2. The average molecular weight is 733 g/mol. The molecule has 2 amide bonds. The zero-order valence-electron chi connectivity index (χ0n) is 27.3. The zero-order valence-corrected chi connectivity index (χ0v) is 29.8. The molecule has 1 aliphatic rings. The first-order valence-corrected chi connectivity index (χ1v) is 18.6. The number of hydrogen-bond donors (Lipinski definition) is 1. The summed E-state index contributed by atoms with van der Waals surface area (Å²) in [5, 5.41) is 3.21. The van der Waals surface area contributed by atoms with Crippen LogP contribution in [-0.2, 0) is 32.6 Å². The number of rotatable bonds is 14. The second kappa shape index (κ2) is 16.3. The molecule has 0 saturated heterocycles. The van der Waals surface area contributed by atoms with Crippen LogP contribution in [0.15, 0.2) is 112 Å². The summed E-state index contributed by atoms with van der Waals surface area (Å²) in [5.41, 5.74) is 2.92. The number of halogens is 1. The Balaban J connectivity index is 1.56. The first kappa shape index (κ1) is 35.2. The lowest BCUT2D eigenvalue weighted by Gasteiger charge is -2.34. The number of anilines is 1. The molecule has 10 heteroatoms. The number of sulfonamides is 1. The van der Waals surface area contributed by atoms with Gasteiger partial charge in [-0.3, -0.25) is 13.9 Å². The van der Waals surface area contributed by atoms with Crippen molar-refractivity contribution in [1.29, 1.82) is 0 Å². The van der Waals surface area contributed by atoms with Crippen molar-refractivity contribution in [3.05, 3.63) is 124 Å². The number of ether oxygens (including phenoxy) is 1. The molecule has 1 atom stereocenters. The summed E-state index contributed by atoms with van der Waals surface area (Å²) >= 11 is 3.53. The molecule has 5 rings (SSSR count). The van der Waals surface area contributed by atoms with Crippen LogP contribution in [0, 0.1) is 6.92 Å². The van der Waals surface area contributed by atoms with E-state index in [2.05, 4.69) is 21.2 Å². The third-order valence-corrected chi connectivity index (χ3v) is 10.8. The van der Waals surface area contributed by atoms with Crippen LogP contribution in [0.4, 0.5) is 5.69 Å². The van der Waals surface area contributed by atoms with E-state index in [0.717, 1.165) is 51.2 Å². The fourth-order valence-corrected chi connectivity index (χ4v) is 7.86. The molecule has 1 saturated carbocycles. The molecule has 0 heterocycles. The molecule has 1 aliphatic carbocycles. The lowest BCUT2D eigenvalue weighted by molar-refractivity contribution is -0.140. The van der Waals surface area contributed by atoms with Crippen LogP contribution in [0.1, 0.15) is 49.3 Å². The Morgan fingerprint density at radius 1 is 0.896 bits per heavy atom. The molecule has 0 bridgehead atoms. The van der Waals surface area contributed by atoms with Crippen LogP contribution in [0.25, 0.3) is 0 Å². The van der Waals surface area contributed by atoms with Gasteiger partial charge in [0, 0.05) is 23.5 Å². The van der Waals surface area contributed by atoms with Crippen LogP contribution in [0.2, 0.25) is 0 Å². The van der Waals surface area contributed by atoms with Gasteiger partial charge in [-0.2, -0.15) is 0 Å². The van der Waals surface area contributed by atoms with Crippen LogP contribution in [-0.4, -0.2) is 50.4 Å². The molecule has 0 aromatic heterocycles. The van der Waals surface area contributed by atoms with Crippen molar-refractivity contribution in [2.45, 2.75) is 69.5 Å². The van der Waals surface area contributed by atoms with E-state index >= 15 is 0 Å². The van der Waals surface area contributed by atoms with Crippen molar-refractivity contribution in [3.63, 3.8) is 0 Å². The number of nitrogens with zero attached hydrogens (tertiary/aromatic N) is 2. The molecule has 0 aliphatic heterocycles. The molecular weight excluding hydrogens is 690 g/mol. The second-order valence-electron chi connectivity index (χ2n) is 12.1. The molecule has 48 heavy (non-hydrogen) atoms. The van der Waals surface area contributed by atoms with Gasteiger partial charge in [-0.15, -0.1) is 0 Å². The molecule has 1 N–H and O–H groups in total. The highest BCUT2D eigenvalue weighted by molar-refractivity contribution is 9.10. The maximum atomic E-state index is 14.7. The first-order valence-electron chi connectivity index (χ1n) is 16.3. The maximum absolute atomic E-state index is 14.7. The second-order valence-corrected chi connectivity index (χ2v) is 14.9. The SMILES string of the molecule is CCOc1ccc(N(CC(=O)N(Cc2cccc(Br)c2)[C@@H](Cc2ccccc2)C(=O)NC2CCCC2)S(=O)(=O)c2ccc(C)cc2)cc1. The van der Waals surface area contributed by atoms with Gasteiger partial charge in [0.25, 0.3) is 10.0 Å². The van der Waals surface area contributed by atoms with Crippen LogP contribution in [0.5, 0.6) is 5.75 Å². The van der Waals surface area contributed by atoms with Crippen LogP contribution >= 0.6 is 15.9 Å². The van der Waals surface area contributed by atoms with Crippen molar-refractivity contribution in [2.75, 3.05) is 17.5 Å². The highest BCUT2D eigenvalue weighted by atomic mass is 79.9. The van der Waals surface area contributed by atoms with E-state index in [-0.39, 0.29) is 29.8 Å². The Morgan fingerprint density at radius 3 is 2.21 bits per heavy atom. The predicted molar refractivity (Wildman–Crippen MR) is 192 cm³/mol. The van der Waals surface area contributed by atoms with Crippen molar-refractivity contribution in [2.24, 2.45) is 0 Å². The number of nitrogens with one attached hydrogen (secondary N) is 1. The van der Waals surface area contributed by atoms with E-state index in [1.165, 1.54) is 4.90 Å². The average Bonchev–Trinajstić information content (AvgIpc) is 3.59. The molecule has 4 aromatic rings. The summed E-state index contributed by atoms with van der Waals surface area (Å²) in [6, 6.07) is 29.5. The lowest BCUT2D eigenvalue weighted by Crippen LogP contribution is -2.54.